The molecule has 1 heterocycles. The Labute approximate surface area is 191 Å². The Balaban J connectivity index is 1.28. The van der Waals surface area contributed by atoms with Crippen molar-refractivity contribution in [3.63, 3.8) is 0 Å². The van der Waals surface area contributed by atoms with Crippen molar-refractivity contribution >= 4 is 5.91 Å². The van der Waals surface area contributed by atoms with Crippen LogP contribution in [-0.2, 0) is 0 Å². The predicted octanol–water partition coefficient (Wildman–Crippen LogP) is 5.09. The van der Waals surface area contributed by atoms with Gasteiger partial charge in [0.2, 0.25) is 6.79 Å². The normalized spacial score (nSPS) is 38.4. The number of carbonyl (C=O) groups excluding carboxylic acids is 1. The maximum atomic E-state index is 12.9. The van der Waals surface area contributed by atoms with Crippen LogP contribution in [0.5, 0.6) is 11.5 Å². The van der Waals surface area contributed by atoms with E-state index in [1.807, 2.05) is 0 Å². The summed E-state index contributed by atoms with van der Waals surface area (Å²) in [5.41, 5.74) is 2.51. The largest absolute Gasteiger partial charge is 0.454 e. The fraction of sp³-hybridized carbons (Fsp3) is 0.667. The summed E-state index contributed by atoms with van der Waals surface area (Å²) >= 11 is 0. The van der Waals surface area contributed by atoms with Gasteiger partial charge in [0.1, 0.15) is 0 Å². The zero-order chi connectivity index (χ0) is 22.5. The maximum Gasteiger partial charge on any atom is 0.251 e. The molecule has 174 valence electrons. The molecule has 0 spiro atoms. The van der Waals surface area contributed by atoms with Crippen molar-refractivity contribution in [2.75, 3.05) is 13.3 Å². The van der Waals surface area contributed by atoms with Crippen molar-refractivity contribution in [2.45, 2.75) is 71.3 Å². The molecular formula is C27H37NO4. The van der Waals surface area contributed by atoms with Crippen LogP contribution in [0.2, 0.25) is 0 Å². The number of rotatable bonds is 4. The van der Waals surface area contributed by atoms with E-state index in [0.717, 1.165) is 25.2 Å². The van der Waals surface area contributed by atoms with Crippen LogP contribution in [0.4, 0.5) is 0 Å². The highest BCUT2D eigenvalue weighted by Gasteiger charge is 2.52. The molecule has 5 nitrogen and oxygen atoms in total. The van der Waals surface area contributed by atoms with Crippen LogP contribution in [0, 0.1) is 28.6 Å². The lowest BCUT2D eigenvalue weighted by Gasteiger charge is -2.53. The summed E-state index contributed by atoms with van der Waals surface area (Å²) < 4.78 is 10.8. The number of aliphatic hydroxyl groups is 1. The molecule has 1 aromatic rings. The van der Waals surface area contributed by atoms with E-state index in [-0.39, 0.29) is 30.1 Å². The Bertz CT molecular complexity index is 913. The van der Waals surface area contributed by atoms with Crippen LogP contribution in [0.25, 0.3) is 0 Å². The van der Waals surface area contributed by atoms with E-state index in [2.05, 4.69) is 25.7 Å². The smallest absolute Gasteiger partial charge is 0.251 e. The first kappa shape index (κ1) is 21.8. The van der Waals surface area contributed by atoms with Crippen molar-refractivity contribution in [3.8, 4) is 11.5 Å². The fourth-order valence-corrected chi connectivity index (χ4v) is 7.14. The van der Waals surface area contributed by atoms with E-state index < -0.39 is 0 Å². The van der Waals surface area contributed by atoms with E-state index in [4.69, 9.17) is 9.47 Å². The van der Waals surface area contributed by atoms with Gasteiger partial charge in [-0.3, -0.25) is 4.79 Å². The van der Waals surface area contributed by atoms with Crippen LogP contribution >= 0.6 is 0 Å². The van der Waals surface area contributed by atoms with Gasteiger partial charge >= 0.3 is 0 Å². The summed E-state index contributed by atoms with van der Waals surface area (Å²) in [6.07, 6.45) is 8.57. The van der Waals surface area contributed by atoms with Gasteiger partial charge in [-0.1, -0.05) is 26.0 Å². The summed E-state index contributed by atoms with van der Waals surface area (Å²) in [4.78, 5) is 12.9. The molecule has 3 aliphatic carbocycles. The number of allylic oxidation sites excluding steroid dienone is 1. The Kier molecular flexibility index (Phi) is 5.51. The lowest BCUT2D eigenvalue weighted by molar-refractivity contribution is -0.0476. The van der Waals surface area contributed by atoms with Gasteiger partial charge in [0.25, 0.3) is 5.91 Å². The first-order valence-electron chi connectivity index (χ1n) is 12.3. The third-order valence-electron chi connectivity index (χ3n) is 9.67. The molecule has 0 saturated heterocycles. The van der Waals surface area contributed by atoms with Gasteiger partial charge in [0.15, 0.2) is 11.5 Å². The second-order valence-corrected chi connectivity index (χ2v) is 11.1. The number of benzene rings is 1. The average molecular weight is 440 g/mol. The van der Waals surface area contributed by atoms with Gasteiger partial charge in [-0.25, -0.2) is 0 Å². The SMILES string of the molecule is C=C1CCC2CC(C3(C)CCC(O)CC3CNC(=O)c3ccc4c(c3)OCO4)CCC12C. The number of aliphatic hydroxyl groups excluding tert-OH is 1. The summed E-state index contributed by atoms with van der Waals surface area (Å²) in [7, 11) is 0. The molecule has 4 aliphatic rings. The Morgan fingerprint density at radius 1 is 1.12 bits per heavy atom. The summed E-state index contributed by atoms with van der Waals surface area (Å²) in [6, 6.07) is 5.33. The minimum Gasteiger partial charge on any atom is -0.454 e. The van der Waals surface area contributed by atoms with Crippen molar-refractivity contribution in [2.24, 2.45) is 28.6 Å². The van der Waals surface area contributed by atoms with Gasteiger partial charge < -0.3 is 19.9 Å². The van der Waals surface area contributed by atoms with Crippen molar-refractivity contribution in [1.29, 1.82) is 0 Å². The molecule has 0 radical (unpaired) electrons. The van der Waals surface area contributed by atoms with Crippen molar-refractivity contribution in [1.82, 2.24) is 5.32 Å². The molecule has 1 amide bonds. The summed E-state index contributed by atoms with van der Waals surface area (Å²) in [5, 5.41) is 13.6. The molecule has 6 unspecified atom stereocenters. The van der Waals surface area contributed by atoms with Crippen LogP contribution in [0.1, 0.15) is 75.6 Å². The minimum absolute atomic E-state index is 0.0889. The quantitative estimate of drug-likeness (QED) is 0.642. The van der Waals surface area contributed by atoms with Gasteiger partial charge in [-0.2, -0.15) is 0 Å². The first-order valence-corrected chi connectivity index (χ1v) is 12.3. The zero-order valence-electron chi connectivity index (χ0n) is 19.5. The Morgan fingerprint density at radius 3 is 2.78 bits per heavy atom. The molecule has 0 aromatic heterocycles. The second-order valence-electron chi connectivity index (χ2n) is 11.1. The topological polar surface area (TPSA) is 67.8 Å². The number of carbonyl (C=O) groups is 1. The molecule has 1 aliphatic heterocycles. The molecule has 5 heteroatoms. The van der Waals surface area contributed by atoms with Crippen molar-refractivity contribution in [3.05, 3.63) is 35.9 Å². The Hall–Kier alpha value is -2.01. The molecule has 6 atom stereocenters. The standard InChI is InChI=1S/C27H37NO4/c1-17-4-6-19-13-20(8-10-26(17,19)2)27(3)11-9-22(29)14-21(27)15-28-25(30)18-5-7-23-24(12-18)32-16-31-23/h5,7,12,19-22,29H,1,4,6,8-11,13-16H2,2-3H3,(H,28,30). The first-order chi connectivity index (χ1) is 15.3. The lowest BCUT2D eigenvalue weighted by Crippen LogP contribution is -2.49. The van der Waals surface area contributed by atoms with Crippen LogP contribution in [0.15, 0.2) is 30.4 Å². The highest BCUT2D eigenvalue weighted by molar-refractivity contribution is 5.94. The van der Waals surface area contributed by atoms with E-state index in [0.29, 0.717) is 34.9 Å². The van der Waals surface area contributed by atoms with Crippen LogP contribution < -0.4 is 14.8 Å². The average Bonchev–Trinajstić information content (AvgIpc) is 3.37. The van der Waals surface area contributed by atoms with Crippen LogP contribution in [0.3, 0.4) is 0 Å². The predicted molar refractivity (Wildman–Crippen MR) is 124 cm³/mol. The fourth-order valence-electron chi connectivity index (χ4n) is 7.14. The third-order valence-corrected chi connectivity index (χ3v) is 9.67. The number of hydrogen-bond acceptors (Lipinski definition) is 4. The Morgan fingerprint density at radius 2 is 1.94 bits per heavy atom. The van der Waals surface area contributed by atoms with Gasteiger partial charge in [0, 0.05) is 12.1 Å². The van der Waals surface area contributed by atoms with E-state index >= 15 is 0 Å². The maximum absolute atomic E-state index is 12.9. The minimum atomic E-state index is -0.268. The zero-order valence-corrected chi connectivity index (χ0v) is 19.5. The van der Waals surface area contributed by atoms with Crippen LogP contribution in [-0.4, -0.2) is 30.5 Å². The lowest BCUT2D eigenvalue weighted by atomic mass is 9.53. The molecule has 3 fully saturated rings. The number of hydrogen-bond donors (Lipinski definition) is 2. The third kappa shape index (κ3) is 3.63. The highest BCUT2D eigenvalue weighted by Crippen LogP contribution is 2.61. The highest BCUT2D eigenvalue weighted by atomic mass is 16.7. The second kappa shape index (κ2) is 8.09. The molecule has 1 aromatic carbocycles. The molecule has 32 heavy (non-hydrogen) atoms. The summed E-state index contributed by atoms with van der Waals surface area (Å²) in [5.74, 6) is 2.88. The number of ether oxygens (including phenoxy) is 2. The number of nitrogens with one attached hydrogen (secondary N) is 1. The van der Waals surface area contributed by atoms with Gasteiger partial charge in [-0.05, 0) is 98.1 Å². The van der Waals surface area contributed by atoms with Gasteiger partial charge in [-0.15, -0.1) is 0 Å². The van der Waals surface area contributed by atoms with E-state index in [1.165, 1.54) is 37.7 Å². The molecule has 3 saturated carbocycles. The van der Waals surface area contributed by atoms with Crippen molar-refractivity contribution < 1.29 is 19.4 Å². The molecule has 2 N–H and O–H groups in total. The molecule has 0 bridgehead atoms. The van der Waals surface area contributed by atoms with E-state index in [9.17, 15) is 9.90 Å². The molecule has 5 rings (SSSR count). The monoisotopic (exact) mass is 439 g/mol. The van der Waals surface area contributed by atoms with E-state index in [1.54, 1.807) is 18.2 Å². The number of fused-ring (bicyclic) bond motifs is 2. The van der Waals surface area contributed by atoms with Gasteiger partial charge in [0.05, 0.1) is 6.10 Å². The number of amides is 1. The summed E-state index contributed by atoms with van der Waals surface area (Å²) in [6.45, 7) is 10.1. The molecular weight excluding hydrogens is 402 g/mol.